The number of likely N-dealkylation sites (N-methyl/N-ethyl adjacent to an activating group) is 1. The molecular weight excluding hydrogens is 230 g/mol. The zero-order valence-electron chi connectivity index (χ0n) is 10.7. The van der Waals surface area contributed by atoms with Gasteiger partial charge < -0.3 is 16.0 Å². The Morgan fingerprint density at radius 2 is 1.89 bits per heavy atom. The second kappa shape index (κ2) is 6.76. The van der Waals surface area contributed by atoms with Crippen molar-refractivity contribution in [1.29, 1.82) is 0 Å². The molecule has 1 rings (SSSR count). The summed E-state index contributed by atoms with van der Waals surface area (Å²) in [5, 5.41) is 2.53. The third-order valence-corrected chi connectivity index (χ3v) is 2.55. The van der Waals surface area contributed by atoms with E-state index < -0.39 is 6.04 Å². The molecule has 0 aliphatic rings. The van der Waals surface area contributed by atoms with Crippen LogP contribution in [0.1, 0.15) is 5.56 Å². The summed E-state index contributed by atoms with van der Waals surface area (Å²) < 4.78 is 0. The smallest absolute Gasteiger partial charge is 0.241 e. The Morgan fingerprint density at radius 3 is 2.44 bits per heavy atom. The molecule has 0 saturated carbocycles. The van der Waals surface area contributed by atoms with Crippen LogP contribution in [0.5, 0.6) is 0 Å². The number of nitrogens with zero attached hydrogens (tertiary/aromatic N) is 1. The van der Waals surface area contributed by atoms with Gasteiger partial charge in [0.1, 0.15) is 0 Å². The molecule has 18 heavy (non-hydrogen) atoms. The Labute approximate surface area is 107 Å². The van der Waals surface area contributed by atoms with Gasteiger partial charge in [0.05, 0.1) is 12.6 Å². The first-order chi connectivity index (χ1) is 8.50. The van der Waals surface area contributed by atoms with Gasteiger partial charge >= 0.3 is 0 Å². The van der Waals surface area contributed by atoms with Gasteiger partial charge in [-0.3, -0.25) is 9.59 Å². The van der Waals surface area contributed by atoms with E-state index in [0.717, 1.165) is 5.56 Å². The molecule has 2 amide bonds. The lowest BCUT2D eigenvalue weighted by Gasteiger charge is -2.14. The van der Waals surface area contributed by atoms with Gasteiger partial charge in [-0.15, -0.1) is 0 Å². The van der Waals surface area contributed by atoms with E-state index in [1.54, 1.807) is 14.1 Å². The number of nitrogens with one attached hydrogen (secondary N) is 1. The maximum Gasteiger partial charge on any atom is 0.241 e. The highest BCUT2D eigenvalue weighted by atomic mass is 16.2. The molecule has 1 unspecified atom stereocenters. The molecular formula is C13H19N3O2. The second-order valence-electron chi connectivity index (χ2n) is 4.30. The van der Waals surface area contributed by atoms with E-state index in [1.165, 1.54) is 4.90 Å². The van der Waals surface area contributed by atoms with Crippen molar-refractivity contribution in [2.24, 2.45) is 5.73 Å². The van der Waals surface area contributed by atoms with Crippen molar-refractivity contribution in [3.8, 4) is 0 Å². The minimum atomic E-state index is -0.637. The van der Waals surface area contributed by atoms with Crippen LogP contribution in [0.3, 0.4) is 0 Å². The van der Waals surface area contributed by atoms with Gasteiger partial charge in [0.2, 0.25) is 11.8 Å². The van der Waals surface area contributed by atoms with Crippen LogP contribution in [0.25, 0.3) is 0 Å². The van der Waals surface area contributed by atoms with Gasteiger partial charge in [-0.1, -0.05) is 30.3 Å². The highest BCUT2D eigenvalue weighted by molar-refractivity contribution is 5.87. The minimum absolute atomic E-state index is 0.0195. The van der Waals surface area contributed by atoms with Crippen molar-refractivity contribution in [3.05, 3.63) is 35.9 Å². The summed E-state index contributed by atoms with van der Waals surface area (Å²) in [6.45, 7) is -0.0195. The van der Waals surface area contributed by atoms with Crippen molar-refractivity contribution in [2.75, 3.05) is 20.6 Å². The number of carbonyl (C=O) groups excluding carboxylic acids is 2. The Kier molecular flexibility index (Phi) is 5.32. The number of hydrogen-bond acceptors (Lipinski definition) is 3. The molecule has 3 N–H and O–H groups in total. The quantitative estimate of drug-likeness (QED) is 0.756. The van der Waals surface area contributed by atoms with Gasteiger partial charge in [-0.25, -0.2) is 0 Å². The van der Waals surface area contributed by atoms with Gasteiger partial charge in [0.15, 0.2) is 0 Å². The molecule has 0 bridgehead atoms. The number of benzene rings is 1. The molecule has 1 atom stereocenters. The minimum Gasteiger partial charge on any atom is -0.347 e. The van der Waals surface area contributed by atoms with Crippen LogP contribution in [0.4, 0.5) is 0 Å². The van der Waals surface area contributed by atoms with E-state index >= 15 is 0 Å². The first kappa shape index (κ1) is 14.2. The molecule has 1 aromatic carbocycles. The predicted octanol–water partition coefficient (Wildman–Crippen LogP) is -0.239. The van der Waals surface area contributed by atoms with Crippen LogP contribution in [0, 0.1) is 0 Å². The molecule has 0 aromatic heterocycles. The van der Waals surface area contributed by atoms with Crippen molar-refractivity contribution < 1.29 is 9.59 Å². The Balaban J connectivity index is 2.40. The summed E-state index contributed by atoms with van der Waals surface area (Å²) in [4.78, 5) is 24.4. The van der Waals surface area contributed by atoms with Crippen molar-refractivity contribution in [2.45, 2.75) is 12.5 Å². The Bertz CT molecular complexity index is 404. The molecule has 0 aliphatic carbocycles. The number of amides is 2. The zero-order valence-corrected chi connectivity index (χ0v) is 10.7. The summed E-state index contributed by atoms with van der Waals surface area (Å²) >= 11 is 0. The van der Waals surface area contributed by atoms with Crippen LogP contribution >= 0.6 is 0 Å². The first-order valence-corrected chi connectivity index (χ1v) is 5.78. The van der Waals surface area contributed by atoms with Crippen molar-refractivity contribution >= 4 is 11.8 Å². The maximum atomic E-state index is 11.7. The largest absolute Gasteiger partial charge is 0.347 e. The third-order valence-electron chi connectivity index (χ3n) is 2.55. The van der Waals surface area contributed by atoms with E-state index in [-0.39, 0.29) is 18.4 Å². The van der Waals surface area contributed by atoms with Gasteiger partial charge in [0.25, 0.3) is 0 Å². The Hall–Kier alpha value is -1.88. The van der Waals surface area contributed by atoms with Crippen LogP contribution in [-0.4, -0.2) is 43.4 Å². The van der Waals surface area contributed by atoms with E-state index in [4.69, 9.17) is 5.73 Å². The van der Waals surface area contributed by atoms with Crippen LogP contribution in [-0.2, 0) is 16.0 Å². The molecule has 1 aromatic rings. The van der Waals surface area contributed by atoms with Crippen molar-refractivity contribution in [3.63, 3.8) is 0 Å². The summed E-state index contributed by atoms with van der Waals surface area (Å²) in [6, 6.07) is 8.90. The SMILES string of the molecule is CN(C)C(=O)CNC(=O)C(N)Cc1ccccc1. The highest BCUT2D eigenvalue weighted by Gasteiger charge is 2.15. The van der Waals surface area contributed by atoms with Crippen LogP contribution < -0.4 is 11.1 Å². The molecule has 0 saturated heterocycles. The first-order valence-electron chi connectivity index (χ1n) is 5.78. The normalized spacial score (nSPS) is 11.7. The fourth-order valence-corrected chi connectivity index (χ4v) is 1.41. The van der Waals surface area contributed by atoms with Crippen LogP contribution in [0.15, 0.2) is 30.3 Å². The van der Waals surface area contributed by atoms with E-state index in [2.05, 4.69) is 5.32 Å². The fourth-order valence-electron chi connectivity index (χ4n) is 1.41. The molecule has 0 heterocycles. The molecule has 0 radical (unpaired) electrons. The predicted molar refractivity (Wildman–Crippen MR) is 69.8 cm³/mol. The highest BCUT2D eigenvalue weighted by Crippen LogP contribution is 2.01. The lowest BCUT2D eigenvalue weighted by molar-refractivity contribution is -0.131. The summed E-state index contributed by atoms with van der Waals surface area (Å²) in [5.41, 5.74) is 6.77. The monoisotopic (exact) mass is 249 g/mol. The average Bonchev–Trinajstić information content (AvgIpc) is 2.36. The average molecular weight is 249 g/mol. The molecule has 0 spiro atoms. The lowest BCUT2D eigenvalue weighted by atomic mass is 10.1. The molecule has 98 valence electrons. The fraction of sp³-hybridized carbons (Fsp3) is 0.385. The topological polar surface area (TPSA) is 75.4 Å². The van der Waals surface area contributed by atoms with E-state index in [0.29, 0.717) is 6.42 Å². The molecule has 0 aliphatic heterocycles. The van der Waals surface area contributed by atoms with Crippen LogP contribution in [0.2, 0.25) is 0 Å². The van der Waals surface area contributed by atoms with Gasteiger partial charge in [-0.2, -0.15) is 0 Å². The van der Waals surface area contributed by atoms with E-state index in [1.807, 2.05) is 30.3 Å². The number of nitrogens with two attached hydrogens (primary N) is 1. The van der Waals surface area contributed by atoms with Gasteiger partial charge in [-0.05, 0) is 12.0 Å². The standard InChI is InChI=1S/C13H19N3O2/c1-16(2)12(17)9-15-13(18)11(14)8-10-6-4-3-5-7-10/h3-7,11H,8-9,14H2,1-2H3,(H,15,18). The van der Waals surface area contributed by atoms with E-state index in [9.17, 15) is 9.59 Å². The number of rotatable bonds is 5. The van der Waals surface area contributed by atoms with Gasteiger partial charge in [0, 0.05) is 14.1 Å². The Morgan fingerprint density at radius 1 is 1.28 bits per heavy atom. The molecule has 5 nitrogen and oxygen atoms in total. The summed E-state index contributed by atoms with van der Waals surface area (Å²) in [7, 11) is 3.27. The number of hydrogen-bond donors (Lipinski definition) is 2. The molecule has 5 heteroatoms. The van der Waals surface area contributed by atoms with Crippen molar-refractivity contribution in [1.82, 2.24) is 10.2 Å². The summed E-state index contributed by atoms with van der Waals surface area (Å²) in [5.74, 6) is -0.468. The zero-order chi connectivity index (χ0) is 13.5. The third kappa shape index (κ3) is 4.55. The number of carbonyl (C=O) groups is 2. The molecule has 0 fully saturated rings. The maximum absolute atomic E-state index is 11.7. The lowest BCUT2D eigenvalue weighted by Crippen LogP contribution is -2.45. The second-order valence-corrected chi connectivity index (χ2v) is 4.30. The summed E-state index contributed by atoms with van der Waals surface area (Å²) in [6.07, 6.45) is 0.461.